The van der Waals surface area contributed by atoms with Crippen LogP contribution >= 0.6 is 24.0 Å². The maximum atomic E-state index is 5.07. The van der Waals surface area contributed by atoms with E-state index in [0.29, 0.717) is 0 Å². The van der Waals surface area contributed by atoms with Gasteiger partial charge in [0.2, 0.25) is 0 Å². The molecule has 0 amide bonds. The second-order valence-electron chi connectivity index (χ2n) is 2.29. The van der Waals surface area contributed by atoms with E-state index in [1.807, 2.05) is 11.8 Å². The largest absolute Gasteiger partial charge is 0.359 e. The highest BCUT2D eigenvalue weighted by molar-refractivity contribution is 8.23. The maximum absolute atomic E-state index is 5.07. The van der Waals surface area contributed by atoms with Crippen molar-refractivity contribution in [3.8, 4) is 0 Å². The van der Waals surface area contributed by atoms with Crippen LogP contribution in [0.15, 0.2) is 0 Å². The predicted molar refractivity (Wildman–Crippen MR) is 46.9 cm³/mol. The third-order valence-corrected chi connectivity index (χ3v) is 3.44. The van der Waals surface area contributed by atoms with Crippen molar-refractivity contribution in [3.63, 3.8) is 0 Å². The van der Waals surface area contributed by atoms with Crippen LogP contribution in [-0.2, 0) is 0 Å². The van der Waals surface area contributed by atoms with E-state index in [4.69, 9.17) is 12.2 Å². The molecule has 0 bridgehead atoms. The molecule has 1 fully saturated rings. The lowest BCUT2D eigenvalue weighted by atomic mass is 10.3. The normalized spacial score (nSPS) is 27.6. The van der Waals surface area contributed by atoms with Crippen molar-refractivity contribution in [2.45, 2.75) is 18.6 Å². The number of hydrogen-bond donors (Lipinski definition) is 0. The molecule has 1 unspecified atom stereocenters. The van der Waals surface area contributed by atoms with Crippen LogP contribution in [0.4, 0.5) is 0 Å². The molecule has 1 rings (SSSR count). The molecule has 52 valence electrons. The number of thiocarbonyl (C=S) groups is 1. The molecule has 0 aromatic carbocycles. The van der Waals surface area contributed by atoms with Gasteiger partial charge in [0.05, 0.1) is 0 Å². The zero-order valence-electron chi connectivity index (χ0n) is 5.76. The lowest BCUT2D eigenvalue weighted by molar-refractivity contribution is 0.524. The average Bonchev–Trinajstić information content (AvgIpc) is 2.13. The SMILES string of the molecule is CCC1CN(C)C(=S)S1. The summed E-state index contributed by atoms with van der Waals surface area (Å²) in [7, 11) is 2.06. The van der Waals surface area contributed by atoms with E-state index >= 15 is 0 Å². The lowest BCUT2D eigenvalue weighted by Gasteiger charge is -2.07. The highest BCUT2D eigenvalue weighted by Gasteiger charge is 2.22. The van der Waals surface area contributed by atoms with E-state index in [1.54, 1.807) is 0 Å². The van der Waals surface area contributed by atoms with Crippen LogP contribution in [0.1, 0.15) is 13.3 Å². The molecule has 1 heterocycles. The first kappa shape index (κ1) is 7.35. The average molecular weight is 161 g/mol. The summed E-state index contributed by atoms with van der Waals surface area (Å²) in [6.07, 6.45) is 1.23. The molecule has 1 saturated heterocycles. The van der Waals surface area contributed by atoms with Crippen molar-refractivity contribution in [1.29, 1.82) is 0 Å². The van der Waals surface area contributed by atoms with Gasteiger partial charge in [-0.3, -0.25) is 0 Å². The highest BCUT2D eigenvalue weighted by atomic mass is 32.2. The maximum Gasteiger partial charge on any atom is 0.136 e. The minimum atomic E-state index is 0.752. The van der Waals surface area contributed by atoms with Gasteiger partial charge in [-0.05, 0) is 6.42 Å². The highest BCUT2D eigenvalue weighted by Crippen LogP contribution is 2.26. The van der Waals surface area contributed by atoms with Crippen LogP contribution in [0.2, 0.25) is 0 Å². The fraction of sp³-hybridized carbons (Fsp3) is 0.833. The standard InChI is InChI=1S/C6H11NS2/c1-3-5-4-7(2)6(8)9-5/h5H,3-4H2,1-2H3. The molecule has 0 radical (unpaired) electrons. The van der Waals surface area contributed by atoms with Crippen molar-refractivity contribution >= 4 is 28.3 Å². The monoisotopic (exact) mass is 161 g/mol. The molecule has 0 spiro atoms. The Labute approximate surface area is 65.8 Å². The molecule has 0 N–H and O–H groups in total. The molecule has 0 aliphatic carbocycles. The second-order valence-corrected chi connectivity index (χ2v) is 4.23. The second kappa shape index (κ2) is 2.88. The van der Waals surface area contributed by atoms with E-state index in [9.17, 15) is 0 Å². The fourth-order valence-corrected chi connectivity index (χ4v) is 2.35. The van der Waals surface area contributed by atoms with E-state index in [0.717, 1.165) is 16.1 Å². The van der Waals surface area contributed by atoms with Gasteiger partial charge in [-0.25, -0.2) is 0 Å². The number of thioether (sulfide) groups is 1. The minimum absolute atomic E-state index is 0.752. The zero-order chi connectivity index (χ0) is 6.85. The van der Waals surface area contributed by atoms with Crippen LogP contribution in [0.3, 0.4) is 0 Å². The summed E-state index contributed by atoms with van der Waals surface area (Å²) in [5.41, 5.74) is 0. The van der Waals surface area contributed by atoms with Crippen LogP contribution in [0.5, 0.6) is 0 Å². The van der Waals surface area contributed by atoms with Crippen molar-refractivity contribution in [2.75, 3.05) is 13.6 Å². The Hall–Kier alpha value is 0.240. The van der Waals surface area contributed by atoms with Gasteiger partial charge in [0.25, 0.3) is 0 Å². The van der Waals surface area contributed by atoms with Gasteiger partial charge in [-0.1, -0.05) is 30.9 Å². The van der Waals surface area contributed by atoms with E-state index in [1.165, 1.54) is 6.42 Å². The predicted octanol–water partition coefficient (Wildman–Crippen LogP) is 1.73. The smallest absolute Gasteiger partial charge is 0.136 e. The van der Waals surface area contributed by atoms with Crippen molar-refractivity contribution in [3.05, 3.63) is 0 Å². The molecular weight excluding hydrogens is 150 g/mol. The Morgan fingerprint density at radius 1 is 1.89 bits per heavy atom. The summed E-state index contributed by atoms with van der Waals surface area (Å²) in [5.74, 6) is 0. The Kier molecular flexibility index (Phi) is 2.35. The first-order chi connectivity index (χ1) is 4.24. The van der Waals surface area contributed by atoms with Crippen molar-refractivity contribution in [2.24, 2.45) is 0 Å². The van der Waals surface area contributed by atoms with Crippen LogP contribution in [0, 0.1) is 0 Å². The first-order valence-corrected chi connectivity index (χ1v) is 4.44. The molecule has 0 aromatic rings. The van der Waals surface area contributed by atoms with Crippen molar-refractivity contribution < 1.29 is 0 Å². The quantitative estimate of drug-likeness (QED) is 0.539. The molecule has 1 aliphatic heterocycles. The Balaban J connectivity index is 2.44. The molecule has 1 aliphatic rings. The Morgan fingerprint density at radius 2 is 2.56 bits per heavy atom. The molecule has 3 heteroatoms. The third kappa shape index (κ3) is 1.58. The molecule has 9 heavy (non-hydrogen) atoms. The first-order valence-electron chi connectivity index (χ1n) is 3.15. The van der Waals surface area contributed by atoms with Gasteiger partial charge in [0, 0.05) is 18.8 Å². The summed E-state index contributed by atoms with van der Waals surface area (Å²) in [6.45, 7) is 3.35. The minimum Gasteiger partial charge on any atom is -0.359 e. The van der Waals surface area contributed by atoms with Gasteiger partial charge in [-0.2, -0.15) is 0 Å². The summed E-state index contributed by atoms with van der Waals surface area (Å²) in [6, 6.07) is 0. The van der Waals surface area contributed by atoms with Gasteiger partial charge < -0.3 is 4.90 Å². The van der Waals surface area contributed by atoms with Gasteiger partial charge in [0.15, 0.2) is 0 Å². The molecular formula is C6H11NS2. The van der Waals surface area contributed by atoms with E-state index < -0.39 is 0 Å². The fourth-order valence-electron chi connectivity index (χ4n) is 0.862. The van der Waals surface area contributed by atoms with Crippen LogP contribution < -0.4 is 0 Å². The molecule has 1 atom stereocenters. The topological polar surface area (TPSA) is 3.24 Å². The summed E-state index contributed by atoms with van der Waals surface area (Å²) >= 11 is 6.90. The van der Waals surface area contributed by atoms with Gasteiger partial charge in [-0.15, -0.1) is 0 Å². The van der Waals surface area contributed by atoms with E-state index in [2.05, 4.69) is 18.9 Å². The molecule has 0 saturated carbocycles. The van der Waals surface area contributed by atoms with Crippen LogP contribution in [-0.4, -0.2) is 28.1 Å². The van der Waals surface area contributed by atoms with Crippen molar-refractivity contribution in [1.82, 2.24) is 4.90 Å². The Morgan fingerprint density at radius 3 is 2.78 bits per heavy atom. The molecule has 1 nitrogen and oxygen atoms in total. The Bertz CT molecular complexity index is 124. The summed E-state index contributed by atoms with van der Waals surface area (Å²) in [4.78, 5) is 2.15. The van der Waals surface area contributed by atoms with Crippen LogP contribution in [0.25, 0.3) is 0 Å². The summed E-state index contributed by atoms with van der Waals surface area (Å²) in [5, 5.41) is 0.752. The number of hydrogen-bond acceptors (Lipinski definition) is 2. The number of rotatable bonds is 1. The van der Waals surface area contributed by atoms with E-state index in [-0.39, 0.29) is 0 Å². The zero-order valence-corrected chi connectivity index (χ0v) is 7.39. The van der Waals surface area contributed by atoms with Gasteiger partial charge in [0.1, 0.15) is 4.32 Å². The van der Waals surface area contributed by atoms with Gasteiger partial charge >= 0.3 is 0 Å². The number of nitrogens with zero attached hydrogens (tertiary/aromatic N) is 1. The molecule has 0 aromatic heterocycles. The summed E-state index contributed by atoms with van der Waals surface area (Å²) < 4.78 is 1.06. The third-order valence-electron chi connectivity index (χ3n) is 1.51. The lowest BCUT2D eigenvalue weighted by Crippen LogP contribution is -2.18.